The van der Waals surface area contributed by atoms with Gasteiger partial charge in [0.1, 0.15) is 0 Å². The molecule has 0 saturated carbocycles. The van der Waals surface area contributed by atoms with Crippen LogP contribution in [0.1, 0.15) is 28.2 Å². The van der Waals surface area contributed by atoms with Crippen LogP contribution in [-0.2, 0) is 4.79 Å². The van der Waals surface area contributed by atoms with Crippen molar-refractivity contribution in [2.45, 2.75) is 26.3 Å². The van der Waals surface area contributed by atoms with E-state index in [0.717, 1.165) is 41.5 Å². The van der Waals surface area contributed by atoms with Crippen LogP contribution in [0.25, 0.3) is 0 Å². The van der Waals surface area contributed by atoms with Crippen molar-refractivity contribution in [2.75, 3.05) is 37.8 Å². The quantitative estimate of drug-likeness (QED) is 0.844. The van der Waals surface area contributed by atoms with Gasteiger partial charge in [-0.3, -0.25) is 14.9 Å². The first kappa shape index (κ1) is 16.4. The molecule has 1 aromatic heterocycles. The first-order valence-electron chi connectivity index (χ1n) is 8.11. The van der Waals surface area contributed by atoms with Gasteiger partial charge < -0.3 is 14.8 Å². The first-order chi connectivity index (χ1) is 11.1. The van der Waals surface area contributed by atoms with Gasteiger partial charge in [-0.25, -0.2) is 0 Å². The maximum absolute atomic E-state index is 12.7. The highest BCUT2D eigenvalue weighted by molar-refractivity contribution is 7.99. The second-order valence-electron chi connectivity index (χ2n) is 6.23. The number of hydrogen-bond donors (Lipinski definition) is 2. The summed E-state index contributed by atoms with van der Waals surface area (Å²) >= 11 is 1.76. The number of nitrogens with one attached hydrogen (secondary N) is 2. The topological polar surface area (TPSA) is 68.4 Å². The van der Waals surface area contributed by atoms with Crippen molar-refractivity contribution in [3.8, 4) is 0 Å². The normalized spacial score (nSPS) is 22.3. The average Bonchev–Trinajstić information content (AvgIpc) is 3.09. The van der Waals surface area contributed by atoms with Crippen molar-refractivity contribution in [1.82, 2.24) is 20.1 Å². The summed E-state index contributed by atoms with van der Waals surface area (Å²) in [5.41, 5.74) is 2.66. The van der Waals surface area contributed by atoms with E-state index in [-0.39, 0.29) is 17.9 Å². The molecule has 1 unspecified atom stereocenters. The lowest BCUT2D eigenvalue weighted by Crippen LogP contribution is -2.46. The van der Waals surface area contributed by atoms with Crippen LogP contribution >= 0.6 is 11.8 Å². The van der Waals surface area contributed by atoms with E-state index in [9.17, 15) is 9.59 Å². The van der Waals surface area contributed by atoms with Gasteiger partial charge in [0.25, 0.3) is 5.91 Å². The Morgan fingerprint density at radius 2 is 1.91 bits per heavy atom. The lowest BCUT2D eigenvalue weighted by Gasteiger charge is -2.24. The number of thioether (sulfide) groups is 1. The predicted molar refractivity (Wildman–Crippen MR) is 91.6 cm³/mol. The monoisotopic (exact) mass is 336 g/mol. The molecule has 6 nitrogen and oxygen atoms in total. The lowest BCUT2D eigenvalue weighted by molar-refractivity contribution is -0.132. The van der Waals surface area contributed by atoms with Crippen molar-refractivity contribution >= 4 is 23.6 Å². The Labute approximate surface area is 141 Å². The number of carbonyl (C=O) groups is 2. The summed E-state index contributed by atoms with van der Waals surface area (Å²) in [5, 5.41) is 3.23. The number of nitrogens with zero attached hydrogens (tertiary/aromatic N) is 2. The fraction of sp³-hybridized carbons (Fsp3) is 0.625. The molecular weight excluding hydrogens is 312 g/mol. The molecule has 23 heavy (non-hydrogen) atoms. The zero-order valence-corrected chi connectivity index (χ0v) is 14.5. The summed E-state index contributed by atoms with van der Waals surface area (Å²) in [6.45, 7) is 6.55. The van der Waals surface area contributed by atoms with Gasteiger partial charge in [0.05, 0.1) is 11.6 Å². The summed E-state index contributed by atoms with van der Waals surface area (Å²) in [4.78, 5) is 32.2. The zero-order valence-electron chi connectivity index (χ0n) is 13.7. The van der Waals surface area contributed by atoms with Crippen molar-refractivity contribution < 1.29 is 9.59 Å². The molecule has 0 radical (unpaired) electrons. The molecule has 0 aliphatic carbocycles. The number of hydrogen-bond acceptors (Lipinski definition) is 4. The van der Waals surface area contributed by atoms with Crippen LogP contribution in [0.4, 0.5) is 0 Å². The fourth-order valence-corrected chi connectivity index (χ4v) is 4.16. The zero-order chi connectivity index (χ0) is 16.4. The Morgan fingerprint density at radius 3 is 2.57 bits per heavy atom. The molecule has 2 aliphatic heterocycles. The molecule has 2 fully saturated rings. The SMILES string of the molecule is Cc1cc(C(=O)N2CCCN(C(=O)C3CSCN3)CC2)c(C)[nH]1. The van der Waals surface area contributed by atoms with Crippen LogP contribution in [0.5, 0.6) is 0 Å². The summed E-state index contributed by atoms with van der Waals surface area (Å²) in [7, 11) is 0. The van der Waals surface area contributed by atoms with Gasteiger partial charge in [0.2, 0.25) is 5.91 Å². The van der Waals surface area contributed by atoms with Gasteiger partial charge >= 0.3 is 0 Å². The van der Waals surface area contributed by atoms with Crippen molar-refractivity contribution in [1.29, 1.82) is 0 Å². The number of aromatic amines is 1. The molecule has 2 aliphatic rings. The molecule has 0 spiro atoms. The van der Waals surface area contributed by atoms with Gasteiger partial charge in [0, 0.05) is 49.2 Å². The largest absolute Gasteiger partial charge is 0.362 e. The predicted octanol–water partition coefficient (Wildman–Crippen LogP) is 0.969. The van der Waals surface area contributed by atoms with E-state index in [1.54, 1.807) is 11.8 Å². The molecule has 1 atom stereocenters. The smallest absolute Gasteiger partial charge is 0.255 e. The second kappa shape index (κ2) is 6.97. The van der Waals surface area contributed by atoms with Gasteiger partial charge in [-0.1, -0.05) is 0 Å². The van der Waals surface area contributed by atoms with Crippen molar-refractivity contribution in [2.24, 2.45) is 0 Å². The second-order valence-corrected chi connectivity index (χ2v) is 7.26. The Kier molecular flexibility index (Phi) is 4.96. The van der Waals surface area contributed by atoms with Gasteiger partial charge in [-0.05, 0) is 26.3 Å². The standard InChI is InChI=1S/C16H24N4O2S/c1-11-8-13(12(2)18-11)15(21)19-4-3-5-20(7-6-19)16(22)14-9-23-10-17-14/h8,14,17-18H,3-7,9-10H2,1-2H3. The van der Waals surface area contributed by atoms with Gasteiger partial charge in [0.15, 0.2) is 0 Å². The summed E-state index contributed by atoms with van der Waals surface area (Å²) < 4.78 is 0. The van der Waals surface area contributed by atoms with Crippen LogP contribution in [0, 0.1) is 13.8 Å². The molecule has 3 rings (SSSR count). The molecule has 2 amide bonds. The van der Waals surface area contributed by atoms with Crippen LogP contribution in [0.2, 0.25) is 0 Å². The summed E-state index contributed by atoms with van der Waals surface area (Å²) in [6, 6.07) is 1.85. The number of amides is 2. The number of aryl methyl sites for hydroxylation is 2. The molecule has 1 aromatic rings. The number of carbonyl (C=O) groups excluding carboxylic acids is 2. The van der Waals surface area contributed by atoms with E-state index in [2.05, 4.69) is 10.3 Å². The van der Waals surface area contributed by atoms with E-state index in [1.807, 2.05) is 29.7 Å². The minimum absolute atomic E-state index is 0.0585. The highest BCUT2D eigenvalue weighted by Crippen LogP contribution is 2.16. The van der Waals surface area contributed by atoms with Crippen molar-refractivity contribution in [3.63, 3.8) is 0 Å². The molecule has 0 bridgehead atoms. The van der Waals surface area contributed by atoms with E-state index in [4.69, 9.17) is 0 Å². The molecule has 2 N–H and O–H groups in total. The highest BCUT2D eigenvalue weighted by Gasteiger charge is 2.29. The summed E-state index contributed by atoms with van der Waals surface area (Å²) in [6.07, 6.45) is 0.833. The van der Waals surface area contributed by atoms with E-state index >= 15 is 0 Å². The minimum Gasteiger partial charge on any atom is -0.362 e. The maximum Gasteiger partial charge on any atom is 0.255 e. The van der Waals surface area contributed by atoms with Gasteiger partial charge in [-0.15, -0.1) is 11.8 Å². The number of rotatable bonds is 2. The highest BCUT2D eigenvalue weighted by atomic mass is 32.2. The van der Waals surface area contributed by atoms with Crippen LogP contribution in [0.3, 0.4) is 0 Å². The lowest BCUT2D eigenvalue weighted by atomic mass is 10.2. The molecule has 126 valence electrons. The third-order valence-corrected chi connectivity index (χ3v) is 5.43. The fourth-order valence-electron chi connectivity index (χ4n) is 3.23. The first-order valence-corrected chi connectivity index (χ1v) is 9.27. The van der Waals surface area contributed by atoms with E-state index in [0.29, 0.717) is 19.6 Å². The van der Waals surface area contributed by atoms with Crippen molar-refractivity contribution in [3.05, 3.63) is 23.0 Å². The Bertz CT molecular complexity index is 595. The maximum atomic E-state index is 12.7. The minimum atomic E-state index is -0.0585. The Balaban J connectivity index is 1.63. The number of H-pyrrole nitrogens is 1. The number of aromatic nitrogens is 1. The van der Waals surface area contributed by atoms with Gasteiger partial charge in [-0.2, -0.15) is 0 Å². The summed E-state index contributed by atoms with van der Waals surface area (Å²) in [5.74, 6) is 1.94. The molecule has 7 heteroatoms. The van der Waals surface area contributed by atoms with Crippen LogP contribution in [-0.4, -0.2) is 70.4 Å². The van der Waals surface area contributed by atoms with E-state index < -0.39 is 0 Å². The molecule has 2 saturated heterocycles. The van der Waals surface area contributed by atoms with Crippen LogP contribution in [0.15, 0.2) is 6.07 Å². The molecular formula is C16H24N4O2S. The third-order valence-electron chi connectivity index (χ3n) is 4.49. The van der Waals surface area contributed by atoms with E-state index in [1.165, 1.54) is 0 Å². The Hall–Kier alpha value is -1.47. The Morgan fingerprint density at radius 1 is 1.17 bits per heavy atom. The van der Waals surface area contributed by atoms with Crippen LogP contribution < -0.4 is 5.32 Å². The average molecular weight is 336 g/mol. The third kappa shape index (κ3) is 3.55. The molecule has 3 heterocycles. The molecule has 0 aromatic carbocycles.